The molecule has 2 heteroatoms. The van der Waals surface area contributed by atoms with E-state index >= 15 is 0 Å². The standard InChI is InChI=1S/C13H10O2/c1-2-13(12(14)15)8-7-10-5-3-4-6-11(10)9-13/h1,3-8H,9H2,(H,14,15). The Bertz CT molecular complexity index is 480. The summed E-state index contributed by atoms with van der Waals surface area (Å²) >= 11 is 0. The van der Waals surface area contributed by atoms with Gasteiger partial charge in [-0.15, -0.1) is 6.42 Å². The fourth-order valence-corrected chi connectivity index (χ4v) is 1.76. The minimum Gasteiger partial charge on any atom is -0.480 e. The predicted molar refractivity (Wildman–Crippen MR) is 58.1 cm³/mol. The van der Waals surface area contributed by atoms with Crippen LogP contribution in [0.3, 0.4) is 0 Å². The van der Waals surface area contributed by atoms with Crippen molar-refractivity contribution in [2.24, 2.45) is 5.41 Å². The molecule has 2 nitrogen and oxygen atoms in total. The quantitative estimate of drug-likeness (QED) is 0.700. The van der Waals surface area contributed by atoms with E-state index in [-0.39, 0.29) is 0 Å². The third-order valence-corrected chi connectivity index (χ3v) is 2.71. The molecule has 0 fully saturated rings. The van der Waals surface area contributed by atoms with Gasteiger partial charge in [0.05, 0.1) is 0 Å². The highest BCUT2D eigenvalue weighted by Crippen LogP contribution is 2.32. The molecule has 0 spiro atoms. The Morgan fingerprint density at radius 3 is 2.87 bits per heavy atom. The van der Waals surface area contributed by atoms with Crippen LogP contribution in [-0.4, -0.2) is 11.1 Å². The molecule has 1 aromatic rings. The lowest BCUT2D eigenvalue weighted by Gasteiger charge is -2.24. The number of carbonyl (C=O) groups is 1. The minimum absolute atomic E-state index is 0.367. The number of carboxylic acids is 1. The van der Waals surface area contributed by atoms with Crippen LogP contribution < -0.4 is 0 Å². The summed E-state index contributed by atoms with van der Waals surface area (Å²) in [5, 5.41) is 9.12. The second-order valence-corrected chi connectivity index (χ2v) is 3.63. The summed E-state index contributed by atoms with van der Waals surface area (Å²) < 4.78 is 0. The second kappa shape index (κ2) is 3.29. The number of carboxylic acid groups (broad SMARTS) is 1. The van der Waals surface area contributed by atoms with E-state index in [0.29, 0.717) is 6.42 Å². The molecule has 74 valence electrons. The molecule has 0 saturated heterocycles. The van der Waals surface area contributed by atoms with Crippen molar-refractivity contribution in [3.8, 4) is 12.3 Å². The van der Waals surface area contributed by atoms with Crippen molar-refractivity contribution in [1.82, 2.24) is 0 Å². The van der Waals surface area contributed by atoms with Gasteiger partial charge in [0.25, 0.3) is 0 Å². The molecule has 1 N–H and O–H groups in total. The van der Waals surface area contributed by atoms with Gasteiger partial charge in [0.2, 0.25) is 0 Å². The first-order valence-corrected chi connectivity index (χ1v) is 4.66. The Morgan fingerprint density at radius 1 is 1.47 bits per heavy atom. The highest BCUT2D eigenvalue weighted by Gasteiger charge is 2.36. The number of terminal acetylenes is 1. The zero-order valence-electron chi connectivity index (χ0n) is 8.10. The van der Waals surface area contributed by atoms with Crippen molar-refractivity contribution in [3.63, 3.8) is 0 Å². The number of aliphatic carboxylic acids is 1. The lowest BCUT2D eigenvalue weighted by Crippen LogP contribution is -2.31. The summed E-state index contributed by atoms with van der Waals surface area (Å²) in [7, 11) is 0. The third-order valence-electron chi connectivity index (χ3n) is 2.71. The molecule has 0 bridgehead atoms. The minimum atomic E-state index is -1.17. The first-order valence-electron chi connectivity index (χ1n) is 4.66. The van der Waals surface area contributed by atoms with E-state index in [1.165, 1.54) is 0 Å². The molecule has 1 unspecified atom stereocenters. The highest BCUT2D eigenvalue weighted by molar-refractivity contribution is 5.84. The van der Waals surface area contributed by atoms with E-state index in [2.05, 4.69) is 5.92 Å². The third kappa shape index (κ3) is 1.42. The summed E-state index contributed by atoms with van der Waals surface area (Å²) in [4.78, 5) is 11.1. The first-order chi connectivity index (χ1) is 7.18. The Labute approximate surface area is 88.2 Å². The average molecular weight is 198 g/mol. The van der Waals surface area contributed by atoms with Gasteiger partial charge in [0.15, 0.2) is 5.41 Å². The predicted octanol–water partition coefficient (Wildman–Crippen LogP) is 1.96. The van der Waals surface area contributed by atoms with E-state index in [4.69, 9.17) is 11.5 Å². The summed E-state index contributed by atoms with van der Waals surface area (Å²) in [6.45, 7) is 0. The number of rotatable bonds is 1. The van der Waals surface area contributed by atoms with Crippen LogP contribution in [0, 0.1) is 17.8 Å². The van der Waals surface area contributed by atoms with Gasteiger partial charge in [-0.25, -0.2) is 0 Å². The Hall–Kier alpha value is -2.01. The largest absolute Gasteiger partial charge is 0.480 e. The van der Waals surface area contributed by atoms with Gasteiger partial charge in [-0.05, 0) is 11.1 Å². The molecule has 0 radical (unpaired) electrons. The van der Waals surface area contributed by atoms with Gasteiger partial charge < -0.3 is 5.11 Å². The summed E-state index contributed by atoms with van der Waals surface area (Å²) in [6.07, 6.45) is 9.06. The van der Waals surface area contributed by atoms with Gasteiger partial charge in [0, 0.05) is 6.42 Å². The Balaban J connectivity index is 2.50. The van der Waals surface area contributed by atoms with Crippen LogP contribution in [0.5, 0.6) is 0 Å². The molecule has 0 amide bonds. The number of hydrogen-bond acceptors (Lipinski definition) is 1. The SMILES string of the molecule is C#CC1(C(=O)O)C=Cc2ccccc2C1. The monoisotopic (exact) mass is 198 g/mol. The van der Waals surface area contributed by atoms with Crippen molar-refractivity contribution in [2.75, 3.05) is 0 Å². The van der Waals surface area contributed by atoms with Crippen LogP contribution in [0.25, 0.3) is 6.08 Å². The molecule has 1 aliphatic carbocycles. The smallest absolute Gasteiger partial charge is 0.326 e. The lowest BCUT2D eigenvalue weighted by atomic mass is 9.77. The van der Waals surface area contributed by atoms with Gasteiger partial charge in [-0.1, -0.05) is 42.3 Å². The van der Waals surface area contributed by atoms with Gasteiger partial charge in [-0.2, -0.15) is 0 Å². The molecule has 0 aliphatic heterocycles. The van der Waals surface area contributed by atoms with Crippen LogP contribution in [-0.2, 0) is 11.2 Å². The molecule has 1 aliphatic rings. The average Bonchev–Trinajstić information content (AvgIpc) is 2.28. The van der Waals surface area contributed by atoms with Crippen molar-refractivity contribution < 1.29 is 9.90 Å². The molecule has 1 aromatic carbocycles. The van der Waals surface area contributed by atoms with Crippen molar-refractivity contribution in [2.45, 2.75) is 6.42 Å². The van der Waals surface area contributed by atoms with E-state index < -0.39 is 11.4 Å². The van der Waals surface area contributed by atoms with E-state index in [9.17, 15) is 4.79 Å². The highest BCUT2D eigenvalue weighted by atomic mass is 16.4. The van der Waals surface area contributed by atoms with Crippen LogP contribution in [0.2, 0.25) is 0 Å². The zero-order chi connectivity index (χ0) is 10.9. The van der Waals surface area contributed by atoms with Crippen LogP contribution in [0.1, 0.15) is 11.1 Å². The van der Waals surface area contributed by atoms with Gasteiger partial charge >= 0.3 is 5.97 Å². The molecular weight excluding hydrogens is 188 g/mol. The normalized spacial score (nSPS) is 22.9. The molecule has 1 atom stereocenters. The van der Waals surface area contributed by atoms with Crippen molar-refractivity contribution >= 4 is 12.0 Å². The van der Waals surface area contributed by atoms with E-state index in [1.54, 1.807) is 12.2 Å². The number of hydrogen-bond donors (Lipinski definition) is 1. The number of fused-ring (bicyclic) bond motifs is 1. The Morgan fingerprint density at radius 2 is 2.20 bits per heavy atom. The van der Waals surface area contributed by atoms with Gasteiger partial charge in [-0.3, -0.25) is 4.79 Å². The van der Waals surface area contributed by atoms with Crippen molar-refractivity contribution in [1.29, 1.82) is 0 Å². The maximum absolute atomic E-state index is 11.1. The van der Waals surface area contributed by atoms with Crippen LogP contribution in [0.4, 0.5) is 0 Å². The van der Waals surface area contributed by atoms with Crippen molar-refractivity contribution in [3.05, 3.63) is 41.5 Å². The fourth-order valence-electron chi connectivity index (χ4n) is 1.76. The first kappa shape index (κ1) is 9.54. The molecular formula is C13H10O2. The fraction of sp³-hybridized carbons (Fsp3) is 0.154. The molecule has 2 rings (SSSR count). The van der Waals surface area contributed by atoms with E-state index in [1.807, 2.05) is 24.3 Å². The molecule has 0 heterocycles. The lowest BCUT2D eigenvalue weighted by molar-refractivity contribution is -0.143. The van der Waals surface area contributed by atoms with Crippen LogP contribution >= 0.6 is 0 Å². The summed E-state index contributed by atoms with van der Waals surface area (Å²) in [5.74, 6) is 1.41. The maximum atomic E-state index is 11.1. The summed E-state index contributed by atoms with van der Waals surface area (Å²) in [5.41, 5.74) is 0.860. The van der Waals surface area contributed by atoms with E-state index in [0.717, 1.165) is 11.1 Å². The maximum Gasteiger partial charge on any atom is 0.326 e. The topological polar surface area (TPSA) is 37.3 Å². The molecule has 15 heavy (non-hydrogen) atoms. The van der Waals surface area contributed by atoms with Crippen LogP contribution in [0.15, 0.2) is 30.3 Å². The zero-order valence-corrected chi connectivity index (χ0v) is 8.10. The number of benzene rings is 1. The molecule has 0 aromatic heterocycles. The molecule has 0 saturated carbocycles. The summed E-state index contributed by atoms with van der Waals surface area (Å²) in [6, 6.07) is 7.68. The second-order valence-electron chi connectivity index (χ2n) is 3.63. The Kier molecular flexibility index (Phi) is 2.09. The van der Waals surface area contributed by atoms with Gasteiger partial charge in [0.1, 0.15) is 0 Å².